The van der Waals surface area contributed by atoms with Crippen molar-refractivity contribution < 1.29 is 9.50 Å². The summed E-state index contributed by atoms with van der Waals surface area (Å²) in [4.78, 5) is 0. The van der Waals surface area contributed by atoms with Gasteiger partial charge in [-0.3, -0.25) is 0 Å². The summed E-state index contributed by atoms with van der Waals surface area (Å²) in [5.41, 5.74) is 2.52. The van der Waals surface area contributed by atoms with Gasteiger partial charge in [0.15, 0.2) is 0 Å². The van der Waals surface area contributed by atoms with E-state index in [0.717, 1.165) is 22.0 Å². The average Bonchev–Trinajstić information content (AvgIpc) is 2.44. The molecule has 13 heavy (non-hydrogen) atoms. The molecular weight excluding hydrogens is 235 g/mol. The lowest BCUT2D eigenvalue weighted by Crippen LogP contribution is -1.97. The molecule has 1 aromatic rings. The van der Waals surface area contributed by atoms with Crippen LogP contribution in [-0.4, -0.2) is 5.11 Å². The summed E-state index contributed by atoms with van der Waals surface area (Å²) >= 11 is 3.30. The van der Waals surface area contributed by atoms with Gasteiger partial charge >= 0.3 is 0 Å². The lowest BCUT2D eigenvalue weighted by atomic mass is 10.0. The molecule has 3 heteroatoms. The molecule has 2 rings (SSSR count). The molecule has 0 aliphatic heterocycles. The highest BCUT2D eigenvalue weighted by Gasteiger charge is 2.26. The molecule has 1 nitrogen and oxygen atoms in total. The SMILES string of the molecule is Cc1c(Br)cc(F)c2c1CCC2O. The Kier molecular flexibility index (Phi) is 2.16. The second-order valence-electron chi connectivity index (χ2n) is 3.41. The van der Waals surface area contributed by atoms with E-state index in [1.165, 1.54) is 6.07 Å². The highest BCUT2D eigenvalue weighted by Crippen LogP contribution is 2.37. The topological polar surface area (TPSA) is 20.2 Å². The van der Waals surface area contributed by atoms with Gasteiger partial charge in [-0.2, -0.15) is 0 Å². The number of halogens is 2. The van der Waals surface area contributed by atoms with Gasteiger partial charge in [-0.15, -0.1) is 0 Å². The van der Waals surface area contributed by atoms with E-state index in [-0.39, 0.29) is 5.82 Å². The third-order valence-corrected chi connectivity index (χ3v) is 3.47. The van der Waals surface area contributed by atoms with Gasteiger partial charge in [0.2, 0.25) is 0 Å². The van der Waals surface area contributed by atoms with E-state index >= 15 is 0 Å². The van der Waals surface area contributed by atoms with E-state index in [2.05, 4.69) is 15.9 Å². The number of benzene rings is 1. The molecule has 0 aromatic heterocycles. The van der Waals surface area contributed by atoms with Gasteiger partial charge in [0, 0.05) is 10.0 Å². The minimum Gasteiger partial charge on any atom is -0.388 e. The van der Waals surface area contributed by atoms with Crippen molar-refractivity contribution in [3.8, 4) is 0 Å². The summed E-state index contributed by atoms with van der Waals surface area (Å²) < 4.78 is 14.2. The number of hydrogen-bond acceptors (Lipinski definition) is 1. The van der Waals surface area contributed by atoms with Crippen LogP contribution in [0.5, 0.6) is 0 Å². The number of rotatable bonds is 0. The van der Waals surface area contributed by atoms with Crippen LogP contribution in [0.4, 0.5) is 4.39 Å². The monoisotopic (exact) mass is 244 g/mol. The molecule has 0 radical (unpaired) electrons. The average molecular weight is 245 g/mol. The first kappa shape index (κ1) is 9.16. The first-order valence-electron chi connectivity index (χ1n) is 4.26. The van der Waals surface area contributed by atoms with E-state index < -0.39 is 6.10 Å². The Morgan fingerprint density at radius 2 is 2.31 bits per heavy atom. The number of aliphatic hydroxyl groups is 1. The molecule has 1 aliphatic rings. The molecule has 0 fully saturated rings. The van der Waals surface area contributed by atoms with Crippen molar-refractivity contribution in [3.63, 3.8) is 0 Å². The highest BCUT2D eigenvalue weighted by atomic mass is 79.9. The maximum Gasteiger partial charge on any atom is 0.130 e. The molecular formula is C10H10BrFO. The predicted octanol–water partition coefficient (Wildman–Crippen LogP) is 2.88. The second-order valence-corrected chi connectivity index (χ2v) is 4.27. The van der Waals surface area contributed by atoms with Gasteiger partial charge in [0.05, 0.1) is 6.10 Å². The first-order valence-corrected chi connectivity index (χ1v) is 5.06. The van der Waals surface area contributed by atoms with E-state index in [1.807, 2.05) is 6.92 Å². The molecule has 1 N–H and O–H groups in total. The van der Waals surface area contributed by atoms with Crippen molar-refractivity contribution in [3.05, 3.63) is 33.0 Å². The zero-order chi connectivity index (χ0) is 9.59. The molecule has 0 saturated heterocycles. The van der Waals surface area contributed by atoms with Gasteiger partial charge in [-0.1, -0.05) is 15.9 Å². The van der Waals surface area contributed by atoms with Crippen molar-refractivity contribution in [1.29, 1.82) is 0 Å². The van der Waals surface area contributed by atoms with E-state index in [1.54, 1.807) is 0 Å². The lowest BCUT2D eigenvalue weighted by Gasteiger charge is -2.09. The lowest BCUT2D eigenvalue weighted by molar-refractivity contribution is 0.176. The summed E-state index contributed by atoms with van der Waals surface area (Å²) in [6.07, 6.45) is 0.809. The Morgan fingerprint density at radius 1 is 1.62 bits per heavy atom. The normalized spacial score (nSPS) is 20.5. The van der Waals surface area contributed by atoms with Crippen molar-refractivity contribution >= 4 is 15.9 Å². The fourth-order valence-electron chi connectivity index (χ4n) is 1.90. The third kappa shape index (κ3) is 1.30. The van der Waals surface area contributed by atoms with Crippen LogP contribution < -0.4 is 0 Å². The molecule has 0 saturated carbocycles. The quantitative estimate of drug-likeness (QED) is 0.745. The van der Waals surface area contributed by atoms with Gasteiger partial charge in [0.25, 0.3) is 0 Å². The number of hydrogen-bond donors (Lipinski definition) is 1. The Morgan fingerprint density at radius 3 is 3.00 bits per heavy atom. The van der Waals surface area contributed by atoms with Gasteiger partial charge in [0.1, 0.15) is 5.82 Å². The second kappa shape index (κ2) is 3.07. The fourth-order valence-corrected chi connectivity index (χ4v) is 2.34. The van der Waals surface area contributed by atoms with Crippen molar-refractivity contribution in [2.75, 3.05) is 0 Å². The number of aliphatic hydroxyl groups excluding tert-OH is 1. The standard InChI is InChI=1S/C10H10BrFO/c1-5-6-2-3-9(13)10(6)8(12)4-7(5)11/h4,9,13H,2-3H2,1H3. The number of fused-ring (bicyclic) bond motifs is 1. The fraction of sp³-hybridized carbons (Fsp3) is 0.400. The van der Waals surface area contributed by atoms with E-state index in [4.69, 9.17) is 0 Å². The molecule has 0 bridgehead atoms. The smallest absolute Gasteiger partial charge is 0.130 e. The predicted molar refractivity (Wildman–Crippen MR) is 52.1 cm³/mol. The summed E-state index contributed by atoms with van der Waals surface area (Å²) in [6, 6.07) is 1.43. The van der Waals surface area contributed by atoms with Crippen LogP contribution in [0, 0.1) is 12.7 Å². The first-order chi connectivity index (χ1) is 6.11. The van der Waals surface area contributed by atoms with Crippen LogP contribution in [0.15, 0.2) is 10.5 Å². The van der Waals surface area contributed by atoms with Crippen molar-refractivity contribution in [2.45, 2.75) is 25.9 Å². The van der Waals surface area contributed by atoms with Crippen LogP contribution in [-0.2, 0) is 6.42 Å². The van der Waals surface area contributed by atoms with E-state index in [0.29, 0.717) is 12.0 Å². The minimum absolute atomic E-state index is 0.294. The molecule has 0 amide bonds. The highest BCUT2D eigenvalue weighted by molar-refractivity contribution is 9.10. The van der Waals surface area contributed by atoms with Crippen molar-refractivity contribution in [2.24, 2.45) is 0 Å². The maximum atomic E-state index is 13.4. The Bertz CT molecular complexity index is 362. The van der Waals surface area contributed by atoms with Crippen molar-refractivity contribution in [1.82, 2.24) is 0 Å². The van der Waals surface area contributed by atoms with Crippen LogP contribution in [0.3, 0.4) is 0 Å². The molecule has 0 heterocycles. The summed E-state index contributed by atoms with van der Waals surface area (Å²) in [6.45, 7) is 1.94. The van der Waals surface area contributed by atoms with Gasteiger partial charge in [-0.25, -0.2) is 4.39 Å². The maximum absolute atomic E-state index is 13.4. The minimum atomic E-state index is -0.609. The summed E-state index contributed by atoms with van der Waals surface area (Å²) in [7, 11) is 0. The summed E-state index contributed by atoms with van der Waals surface area (Å²) in [5.74, 6) is -0.294. The molecule has 70 valence electrons. The summed E-state index contributed by atoms with van der Waals surface area (Å²) in [5, 5.41) is 9.52. The molecule has 1 atom stereocenters. The Hall–Kier alpha value is -0.410. The zero-order valence-corrected chi connectivity index (χ0v) is 8.86. The Labute approximate surface area is 84.7 Å². The van der Waals surface area contributed by atoms with Crippen LogP contribution in [0.1, 0.15) is 29.2 Å². The van der Waals surface area contributed by atoms with Crippen LogP contribution in [0.2, 0.25) is 0 Å². The third-order valence-electron chi connectivity index (χ3n) is 2.65. The Balaban J connectivity index is 2.69. The van der Waals surface area contributed by atoms with Crippen LogP contribution >= 0.6 is 15.9 Å². The zero-order valence-electron chi connectivity index (χ0n) is 7.27. The van der Waals surface area contributed by atoms with Gasteiger partial charge < -0.3 is 5.11 Å². The molecule has 0 spiro atoms. The molecule has 1 aliphatic carbocycles. The largest absolute Gasteiger partial charge is 0.388 e. The molecule has 1 aromatic carbocycles. The molecule has 1 unspecified atom stereocenters. The van der Waals surface area contributed by atoms with Gasteiger partial charge in [-0.05, 0) is 37.0 Å². The van der Waals surface area contributed by atoms with Crippen LogP contribution in [0.25, 0.3) is 0 Å². The van der Waals surface area contributed by atoms with E-state index in [9.17, 15) is 9.50 Å².